The zero-order valence-corrected chi connectivity index (χ0v) is 17.1. The monoisotopic (exact) mass is 424 g/mol. The Kier molecular flexibility index (Phi) is 6.64. The van der Waals surface area contributed by atoms with E-state index < -0.39 is 10.0 Å². The lowest BCUT2D eigenvalue weighted by Crippen LogP contribution is -2.27. The maximum Gasteiger partial charge on any atom is 0.243 e. The molecule has 1 aliphatic rings. The zero-order valence-electron chi connectivity index (χ0n) is 14.6. The fraction of sp³-hybridized carbons (Fsp3) is 0.353. The van der Waals surface area contributed by atoms with Crippen molar-refractivity contribution in [3.05, 3.63) is 42.5 Å². The van der Waals surface area contributed by atoms with Crippen molar-refractivity contribution in [1.29, 1.82) is 0 Å². The quantitative estimate of drug-likeness (QED) is 0.376. The van der Waals surface area contributed by atoms with E-state index in [1.807, 2.05) is 0 Å². The molecule has 27 heavy (non-hydrogen) atoms. The van der Waals surface area contributed by atoms with Crippen LogP contribution in [0.3, 0.4) is 0 Å². The highest BCUT2D eigenvalue weighted by molar-refractivity contribution is 8.01. The van der Waals surface area contributed by atoms with Gasteiger partial charge < -0.3 is 5.32 Å². The second kappa shape index (κ2) is 8.96. The van der Waals surface area contributed by atoms with Crippen molar-refractivity contribution in [2.75, 3.05) is 30.7 Å². The Bertz CT molecular complexity index is 904. The van der Waals surface area contributed by atoms with Gasteiger partial charge in [0.15, 0.2) is 10.1 Å². The Morgan fingerprint density at radius 3 is 2.63 bits per heavy atom. The lowest BCUT2D eigenvalue weighted by atomic mass is 10.1. The molecule has 1 aromatic heterocycles. The van der Waals surface area contributed by atoms with Crippen LogP contribution in [0, 0.1) is 0 Å². The molecule has 1 aromatic carbocycles. The number of benzene rings is 1. The van der Waals surface area contributed by atoms with Gasteiger partial charge in [-0.2, -0.15) is 4.31 Å². The lowest BCUT2D eigenvalue weighted by molar-refractivity contribution is 0.101. The molecule has 0 amide bonds. The summed E-state index contributed by atoms with van der Waals surface area (Å²) in [6, 6.07) is 6.10. The Morgan fingerprint density at radius 1 is 1.26 bits per heavy atom. The van der Waals surface area contributed by atoms with Crippen LogP contribution in [-0.4, -0.2) is 54.1 Å². The number of hydrogen-bond acceptors (Lipinski definition) is 8. The Morgan fingerprint density at radius 2 is 1.96 bits per heavy atom. The van der Waals surface area contributed by atoms with Crippen molar-refractivity contribution >= 4 is 44.0 Å². The molecular formula is C17H20N4O3S3. The highest BCUT2D eigenvalue weighted by Gasteiger charge is 2.27. The van der Waals surface area contributed by atoms with Crippen molar-refractivity contribution in [1.82, 2.24) is 14.5 Å². The van der Waals surface area contributed by atoms with Gasteiger partial charge >= 0.3 is 0 Å². The minimum absolute atomic E-state index is 0.0684. The van der Waals surface area contributed by atoms with Crippen LogP contribution in [0.5, 0.6) is 0 Å². The van der Waals surface area contributed by atoms with Gasteiger partial charge in [-0.1, -0.05) is 29.2 Å². The fourth-order valence-electron chi connectivity index (χ4n) is 2.62. The predicted molar refractivity (Wildman–Crippen MR) is 108 cm³/mol. The van der Waals surface area contributed by atoms with Crippen LogP contribution in [0.1, 0.15) is 23.2 Å². The molecule has 0 aliphatic carbocycles. The highest BCUT2D eigenvalue weighted by atomic mass is 32.2. The maximum absolute atomic E-state index is 12.5. The van der Waals surface area contributed by atoms with Crippen molar-refractivity contribution in [3.8, 4) is 0 Å². The molecule has 0 atom stereocenters. The van der Waals surface area contributed by atoms with Crippen LogP contribution in [0.25, 0.3) is 0 Å². The molecule has 1 N–H and O–H groups in total. The fourth-order valence-corrected chi connectivity index (χ4v) is 5.64. The largest absolute Gasteiger partial charge is 0.353 e. The number of thioether (sulfide) groups is 1. The number of aromatic nitrogens is 2. The second-order valence-electron chi connectivity index (χ2n) is 5.89. The molecule has 3 rings (SSSR count). The molecule has 2 aromatic rings. The van der Waals surface area contributed by atoms with E-state index in [2.05, 4.69) is 22.1 Å². The molecule has 0 saturated carbocycles. The van der Waals surface area contributed by atoms with E-state index in [0.717, 1.165) is 22.9 Å². The Labute approximate surface area is 166 Å². The summed E-state index contributed by atoms with van der Waals surface area (Å²) in [5.41, 5.74) is 0.452. The van der Waals surface area contributed by atoms with E-state index in [4.69, 9.17) is 0 Å². The number of Topliss-reactive ketones (excluding diaryl/α,β-unsaturated/α-hetero) is 1. The second-order valence-corrected chi connectivity index (χ2v) is 10.1. The van der Waals surface area contributed by atoms with E-state index in [1.54, 1.807) is 18.2 Å². The standard InChI is InChI=1S/C17H20N4O3S3/c1-2-11-25-17-20-19-16(26-17)18-12-15(22)13-5-7-14(8-6-13)27(23,24)21-9-3-4-10-21/h2,5-8H,1,3-4,9-12H2,(H,18,19). The molecule has 0 spiro atoms. The van der Waals surface area contributed by atoms with Gasteiger partial charge in [0.1, 0.15) is 0 Å². The summed E-state index contributed by atoms with van der Waals surface area (Å²) in [5, 5.41) is 11.5. The molecular weight excluding hydrogens is 404 g/mol. The number of carbonyl (C=O) groups excluding carboxylic acids is 1. The summed E-state index contributed by atoms with van der Waals surface area (Å²) >= 11 is 2.90. The number of sulfonamides is 1. The number of nitrogens with one attached hydrogen (secondary N) is 1. The van der Waals surface area contributed by atoms with Crippen LogP contribution in [0.15, 0.2) is 46.2 Å². The first-order valence-electron chi connectivity index (χ1n) is 8.45. The first kappa shape index (κ1) is 20.0. The number of hydrogen-bond donors (Lipinski definition) is 1. The van der Waals surface area contributed by atoms with Crippen LogP contribution in [-0.2, 0) is 10.0 Å². The maximum atomic E-state index is 12.5. The molecule has 144 valence electrons. The number of rotatable bonds is 9. The molecule has 0 bridgehead atoms. The molecule has 1 aliphatic heterocycles. The van der Waals surface area contributed by atoms with E-state index in [1.165, 1.54) is 39.5 Å². The third kappa shape index (κ3) is 4.95. The first-order valence-corrected chi connectivity index (χ1v) is 11.7. The van der Waals surface area contributed by atoms with Gasteiger partial charge in [-0.3, -0.25) is 4.79 Å². The zero-order chi connectivity index (χ0) is 19.3. The van der Waals surface area contributed by atoms with E-state index >= 15 is 0 Å². The van der Waals surface area contributed by atoms with Gasteiger partial charge in [0.05, 0.1) is 11.4 Å². The topological polar surface area (TPSA) is 92.3 Å². The average Bonchev–Trinajstić information content (AvgIpc) is 3.37. The van der Waals surface area contributed by atoms with Crippen LogP contribution < -0.4 is 5.32 Å². The van der Waals surface area contributed by atoms with Gasteiger partial charge in [-0.05, 0) is 37.1 Å². The molecule has 2 heterocycles. The minimum atomic E-state index is -3.46. The van der Waals surface area contributed by atoms with E-state index in [9.17, 15) is 13.2 Å². The number of ketones is 1. The van der Waals surface area contributed by atoms with Gasteiger partial charge in [-0.15, -0.1) is 16.8 Å². The van der Waals surface area contributed by atoms with Gasteiger partial charge in [0.2, 0.25) is 15.2 Å². The summed E-state index contributed by atoms with van der Waals surface area (Å²) in [6.45, 7) is 4.84. The molecule has 0 unspecified atom stereocenters. The SMILES string of the molecule is C=CCSc1nnc(NCC(=O)c2ccc(S(=O)(=O)N3CCCC3)cc2)s1. The van der Waals surface area contributed by atoms with E-state index in [-0.39, 0.29) is 17.2 Å². The van der Waals surface area contributed by atoms with Gasteiger partial charge in [0.25, 0.3) is 0 Å². The highest BCUT2D eigenvalue weighted by Crippen LogP contribution is 2.25. The summed E-state index contributed by atoms with van der Waals surface area (Å²) in [6.07, 6.45) is 3.57. The molecule has 1 fully saturated rings. The summed E-state index contributed by atoms with van der Waals surface area (Å²) < 4.78 is 27.3. The van der Waals surface area contributed by atoms with Crippen LogP contribution in [0.4, 0.5) is 5.13 Å². The van der Waals surface area contributed by atoms with Crippen LogP contribution in [0.2, 0.25) is 0 Å². The van der Waals surface area contributed by atoms with Crippen molar-refractivity contribution in [2.24, 2.45) is 0 Å². The Hall–Kier alpha value is -1.75. The predicted octanol–water partition coefficient (Wildman–Crippen LogP) is 2.90. The number of carbonyl (C=O) groups is 1. The molecule has 0 radical (unpaired) electrons. The smallest absolute Gasteiger partial charge is 0.243 e. The van der Waals surface area contributed by atoms with Gasteiger partial charge in [0, 0.05) is 24.4 Å². The molecule has 1 saturated heterocycles. The number of anilines is 1. The van der Waals surface area contributed by atoms with Crippen molar-refractivity contribution < 1.29 is 13.2 Å². The first-order chi connectivity index (χ1) is 13.0. The normalized spacial score (nSPS) is 15.0. The summed E-state index contributed by atoms with van der Waals surface area (Å²) in [7, 11) is -3.46. The third-order valence-corrected chi connectivity index (χ3v) is 7.93. The summed E-state index contributed by atoms with van der Waals surface area (Å²) in [5.74, 6) is 0.607. The minimum Gasteiger partial charge on any atom is -0.353 e. The number of nitrogens with zero attached hydrogens (tertiary/aromatic N) is 3. The van der Waals surface area contributed by atoms with Crippen molar-refractivity contribution in [3.63, 3.8) is 0 Å². The average molecular weight is 425 g/mol. The van der Waals surface area contributed by atoms with Gasteiger partial charge in [-0.25, -0.2) is 8.42 Å². The molecule has 10 heteroatoms. The van der Waals surface area contributed by atoms with Crippen LogP contribution >= 0.6 is 23.1 Å². The Balaban J connectivity index is 1.59. The lowest BCUT2D eigenvalue weighted by Gasteiger charge is -2.15. The van der Waals surface area contributed by atoms with Crippen molar-refractivity contribution in [2.45, 2.75) is 22.1 Å². The van der Waals surface area contributed by atoms with E-state index in [0.29, 0.717) is 23.8 Å². The summed E-state index contributed by atoms with van der Waals surface area (Å²) in [4.78, 5) is 12.6. The third-order valence-electron chi connectivity index (χ3n) is 4.01. The molecule has 7 nitrogen and oxygen atoms in total.